The SMILES string of the molecule is CC(=O)OC1C(C)(C)CCCC12CC(C)(C)C(C)(C)C2. The summed E-state index contributed by atoms with van der Waals surface area (Å²) in [4.78, 5) is 11.6. The van der Waals surface area contributed by atoms with Crippen LogP contribution in [0.2, 0.25) is 0 Å². The number of hydrogen-bond donors (Lipinski definition) is 0. The number of carbonyl (C=O) groups excluding carboxylic acids is 1. The molecule has 0 amide bonds. The summed E-state index contributed by atoms with van der Waals surface area (Å²) in [6.45, 7) is 15.6. The molecule has 1 spiro atoms. The van der Waals surface area contributed by atoms with E-state index in [1.54, 1.807) is 6.92 Å². The minimum Gasteiger partial charge on any atom is -0.461 e. The normalized spacial score (nSPS) is 33.0. The van der Waals surface area contributed by atoms with Crippen molar-refractivity contribution < 1.29 is 9.53 Å². The van der Waals surface area contributed by atoms with E-state index in [0.717, 1.165) is 6.42 Å². The fraction of sp³-hybridized carbons (Fsp3) is 0.944. The largest absolute Gasteiger partial charge is 0.461 e. The highest BCUT2D eigenvalue weighted by Gasteiger charge is 2.61. The van der Waals surface area contributed by atoms with Crippen molar-refractivity contribution >= 4 is 5.97 Å². The molecule has 0 aromatic heterocycles. The first-order valence-electron chi connectivity index (χ1n) is 8.09. The van der Waals surface area contributed by atoms with Crippen LogP contribution in [0.4, 0.5) is 0 Å². The van der Waals surface area contributed by atoms with Crippen molar-refractivity contribution in [3.63, 3.8) is 0 Å². The van der Waals surface area contributed by atoms with E-state index in [1.165, 1.54) is 25.7 Å². The molecule has 0 radical (unpaired) electrons. The van der Waals surface area contributed by atoms with Crippen LogP contribution in [0.15, 0.2) is 0 Å². The maximum atomic E-state index is 11.6. The summed E-state index contributed by atoms with van der Waals surface area (Å²) in [5, 5.41) is 0. The van der Waals surface area contributed by atoms with Crippen LogP contribution in [0.5, 0.6) is 0 Å². The lowest BCUT2D eigenvalue weighted by atomic mass is 9.59. The Morgan fingerprint density at radius 2 is 1.45 bits per heavy atom. The molecule has 1 atom stereocenters. The van der Waals surface area contributed by atoms with E-state index in [0.29, 0.717) is 10.8 Å². The Morgan fingerprint density at radius 3 is 1.90 bits per heavy atom. The minimum absolute atomic E-state index is 0.0716. The molecular formula is C18H32O2. The van der Waals surface area contributed by atoms with Gasteiger partial charge in [-0.1, -0.05) is 48.0 Å². The van der Waals surface area contributed by atoms with Crippen molar-refractivity contribution in [3.8, 4) is 0 Å². The first-order valence-corrected chi connectivity index (χ1v) is 8.09. The van der Waals surface area contributed by atoms with Crippen LogP contribution in [-0.2, 0) is 9.53 Å². The molecule has 2 heteroatoms. The fourth-order valence-electron chi connectivity index (χ4n) is 5.10. The van der Waals surface area contributed by atoms with Gasteiger partial charge in [0.05, 0.1) is 0 Å². The topological polar surface area (TPSA) is 26.3 Å². The van der Waals surface area contributed by atoms with Crippen LogP contribution in [0.3, 0.4) is 0 Å². The van der Waals surface area contributed by atoms with Crippen LogP contribution >= 0.6 is 0 Å². The second-order valence-corrected chi connectivity index (χ2v) is 9.32. The highest BCUT2D eigenvalue weighted by molar-refractivity contribution is 5.66. The zero-order valence-electron chi connectivity index (χ0n) is 14.4. The predicted octanol–water partition coefficient (Wildman–Crippen LogP) is 4.96. The molecule has 2 aliphatic rings. The molecule has 2 saturated carbocycles. The van der Waals surface area contributed by atoms with E-state index >= 15 is 0 Å². The number of hydrogen-bond acceptors (Lipinski definition) is 2. The van der Waals surface area contributed by atoms with Crippen molar-refractivity contribution in [2.24, 2.45) is 21.7 Å². The van der Waals surface area contributed by atoms with Gasteiger partial charge in [-0.3, -0.25) is 4.79 Å². The third kappa shape index (κ3) is 2.40. The van der Waals surface area contributed by atoms with Crippen LogP contribution < -0.4 is 0 Å². The quantitative estimate of drug-likeness (QED) is 0.634. The Bertz CT molecular complexity index is 388. The molecule has 1 unspecified atom stereocenters. The van der Waals surface area contributed by atoms with Gasteiger partial charge in [0.1, 0.15) is 6.10 Å². The second-order valence-electron chi connectivity index (χ2n) is 9.32. The van der Waals surface area contributed by atoms with Gasteiger partial charge in [0.2, 0.25) is 0 Å². The first kappa shape index (κ1) is 15.9. The third-order valence-corrected chi connectivity index (χ3v) is 6.47. The van der Waals surface area contributed by atoms with Crippen molar-refractivity contribution in [2.45, 2.75) is 86.7 Å². The van der Waals surface area contributed by atoms with Crippen LogP contribution in [-0.4, -0.2) is 12.1 Å². The first-order chi connectivity index (χ1) is 8.92. The number of carbonyl (C=O) groups is 1. The number of ether oxygens (including phenoxy) is 1. The smallest absolute Gasteiger partial charge is 0.302 e. The minimum atomic E-state index is -0.119. The lowest BCUT2D eigenvalue weighted by molar-refractivity contribution is -0.173. The zero-order valence-corrected chi connectivity index (χ0v) is 14.4. The summed E-state index contributed by atoms with van der Waals surface area (Å²) in [7, 11) is 0. The molecular weight excluding hydrogens is 248 g/mol. The zero-order chi connectivity index (χ0) is 15.4. The summed E-state index contributed by atoms with van der Waals surface area (Å²) >= 11 is 0. The van der Waals surface area contributed by atoms with Crippen LogP contribution in [0.25, 0.3) is 0 Å². The summed E-state index contributed by atoms with van der Waals surface area (Å²) in [5.74, 6) is -0.119. The van der Waals surface area contributed by atoms with Gasteiger partial charge >= 0.3 is 5.97 Å². The maximum absolute atomic E-state index is 11.6. The molecule has 0 N–H and O–H groups in total. The summed E-state index contributed by atoms with van der Waals surface area (Å²) in [6, 6.07) is 0. The maximum Gasteiger partial charge on any atom is 0.302 e. The van der Waals surface area contributed by atoms with Crippen LogP contribution in [0, 0.1) is 21.7 Å². The Balaban J connectivity index is 2.40. The van der Waals surface area contributed by atoms with Gasteiger partial charge in [0.25, 0.3) is 0 Å². The number of rotatable bonds is 1. The van der Waals surface area contributed by atoms with Crippen molar-refractivity contribution in [3.05, 3.63) is 0 Å². The van der Waals surface area contributed by atoms with Gasteiger partial charge in [-0.2, -0.15) is 0 Å². The summed E-state index contributed by atoms with van der Waals surface area (Å²) < 4.78 is 5.89. The standard InChI is InChI=1S/C18H32O2/c1-13(19)20-14-15(2,3)9-8-10-18(14)11-16(4,5)17(6,7)12-18/h14H,8-12H2,1-7H3. The van der Waals surface area contributed by atoms with E-state index in [4.69, 9.17) is 4.74 Å². The Labute approximate surface area is 124 Å². The molecule has 0 aliphatic heterocycles. The fourth-order valence-corrected chi connectivity index (χ4v) is 5.10. The van der Waals surface area contributed by atoms with E-state index in [1.807, 2.05) is 0 Å². The molecule has 2 nitrogen and oxygen atoms in total. The highest BCUT2D eigenvalue weighted by atomic mass is 16.5. The van der Waals surface area contributed by atoms with Gasteiger partial charge in [-0.15, -0.1) is 0 Å². The average Bonchev–Trinajstić information content (AvgIpc) is 2.39. The summed E-state index contributed by atoms with van der Waals surface area (Å²) in [6.07, 6.45) is 6.05. The highest BCUT2D eigenvalue weighted by Crippen LogP contribution is 2.67. The lowest BCUT2D eigenvalue weighted by Crippen LogP contribution is -2.50. The van der Waals surface area contributed by atoms with Crippen molar-refractivity contribution in [1.82, 2.24) is 0 Å². The Kier molecular flexibility index (Phi) is 3.55. The molecule has 0 saturated heterocycles. The van der Waals surface area contributed by atoms with E-state index < -0.39 is 0 Å². The van der Waals surface area contributed by atoms with Gasteiger partial charge in [0.15, 0.2) is 0 Å². The van der Waals surface area contributed by atoms with Gasteiger partial charge in [-0.25, -0.2) is 0 Å². The molecule has 2 rings (SSSR count). The molecule has 0 bridgehead atoms. The molecule has 2 fully saturated rings. The van der Waals surface area contributed by atoms with Gasteiger partial charge in [-0.05, 0) is 36.5 Å². The second kappa shape index (κ2) is 4.48. The van der Waals surface area contributed by atoms with E-state index in [-0.39, 0.29) is 22.9 Å². The monoisotopic (exact) mass is 280 g/mol. The predicted molar refractivity (Wildman–Crippen MR) is 82.4 cm³/mol. The number of esters is 1. The van der Waals surface area contributed by atoms with Crippen molar-refractivity contribution in [2.75, 3.05) is 0 Å². The molecule has 0 aromatic rings. The van der Waals surface area contributed by atoms with Gasteiger partial charge in [0, 0.05) is 17.8 Å². The van der Waals surface area contributed by atoms with Crippen molar-refractivity contribution in [1.29, 1.82) is 0 Å². The van der Waals surface area contributed by atoms with Gasteiger partial charge < -0.3 is 4.74 Å². The average molecular weight is 280 g/mol. The molecule has 20 heavy (non-hydrogen) atoms. The Morgan fingerprint density at radius 1 is 0.950 bits per heavy atom. The lowest BCUT2D eigenvalue weighted by Gasteiger charge is -2.50. The Hall–Kier alpha value is -0.530. The van der Waals surface area contributed by atoms with E-state index in [9.17, 15) is 4.79 Å². The molecule has 116 valence electrons. The molecule has 0 aromatic carbocycles. The summed E-state index contributed by atoms with van der Waals surface area (Å²) in [5.41, 5.74) is 0.887. The van der Waals surface area contributed by atoms with E-state index in [2.05, 4.69) is 41.5 Å². The molecule has 0 heterocycles. The third-order valence-electron chi connectivity index (χ3n) is 6.47. The van der Waals surface area contributed by atoms with Crippen LogP contribution in [0.1, 0.15) is 80.6 Å². The molecule has 2 aliphatic carbocycles.